The minimum atomic E-state index is 0.0150. The van der Waals surface area contributed by atoms with Crippen molar-refractivity contribution in [2.45, 2.75) is 64.5 Å². The molecule has 0 aliphatic rings. The highest BCUT2D eigenvalue weighted by Gasteiger charge is 2.25. The second-order valence-electron chi connectivity index (χ2n) is 8.07. The SMILES string of the molecule is CCC(SC)c1cc(C(C)(C)c2ccc(C)c(CCCSC)c2)ccc1C. The van der Waals surface area contributed by atoms with Crippen molar-refractivity contribution in [1.29, 1.82) is 0 Å². The van der Waals surface area contributed by atoms with Gasteiger partial charge < -0.3 is 0 Å². The summed E-state index contributed by atoms with van der Waals surface area (Å²) < 4.78 is 0. The summed E-state index contributed by atoms with van der Waals surface area (Å²) in [7, 11) is 0. The van der Waals surface area contributed by atoms with E-state index in [1.54, 1.807) is 0 Å². The van der Waals surface area contributed by atoms with Crippen LogP contribution in [0.1, 0.15) is 72.2 Å². The summed E-state index contributed by atoms with van der Waals surface area (Å²) in [4.78, 5) is 0. The fourth-order valence-corrected chi connectivity index (χ4v) is 5.07. The van der Waals surface area contributed by atoms with E-state index < -0.39 is 0 Å². The number of rotatable bonds is 9. The quantitative estimate of drug-likeness (QED) is 0.395. The molecule has 0 amide bonds. The van der Waals surface area contributed by atoms with Gasteiger partial charge in [-0.15, -0.1) is 0 Å². The molecule has 2 aromatic rings. The lowest BCUT2D eigenvalue weighted by atomic mass is 9.76. The summed E-state index contributed by atoms with van der Waals surface area (Å²) in [5.41, 5.74) is 8.72. The zero-order valence-corrected chi connectivity index (χ0v) is 19.8. The Morgan fingerprint density at radius 1 is 0.926 bits per heavy atom. The zero-order valence-electron chi connectivity index (χ0n) is 18.2. The highest BCUT2D eigenvalue weighted by atomic mass is 32.2. The molecule has 0 heterocycles. The minimum absolute atomic E-state index is 0.0150. The molecule has 0 bridgehead atoms. The predicted molar refractivity (Wildman–Crippen MR) is 128 cm³/mol. The van der Waals surface area contributed by atoms with Gasteiger partial charge in [-0.3, -0.25) is 0 Å². The molecule has 27 heavy (non-hydrogen) atoms. The normalized spacial score (nSPS) is 13.0. The average Bonchev–Trinajstić information content (AvgIpc) is 2.65. The van der Waals surface area contributed by atoms with Gasteiger partial charge in [-0.05, 0) is 84.8 Å². The van der Waals surface area contributed by atoms with Gasteiger partial charge in [-0.2, -0.15) is 23.5 Å². The van der Waals surface area contributed by atoms with Crippen LogP contribution in [0.3, 0.4) is 0 Å². The Morgan fingerprint density at radius 2 is 1.56 bits per heavy atom. The molecular formula is C25H36S2. The fourth-order valence-electron chi connectivity index (χ4n) is 3.79. The van der Waals surface area contributed by atoms with Crippen LogP contribution in [0.4, 0.5) is 0 Å². The summed E-state index contributed by atoms with van der Waals surface area (Å²) in [5, 5.41) is 0.584. The van der Waals surface area contributed by atoms with E-state index in [1.165, 1.54) is 58.4 Å². The summed E-state index contributed by atoms with van der Waals surface area (Å²) in [5.74, 6) is 1.24. The van der Waals surface area contributed by atoms with Gasteiger partial charge in [0, 0.05) is 10.7 Å². The molecule has 2 aromatic carbocycles. The van der Waals surface area contributed by atoms with Gasteiger partial charge in [0.15, 0.2) is 0 Å². The lowest BCUT2D eigenvalue weighted by Gasteiger charge is -2.29. The number of aryl methyl sites for hydroxylation is 3. The van der Waals surface area contributed by atoms with E-state index in [0.717, 1.165) is 0 Å². The molecule has 1 atom stereocenters. The topological polar surface area (TPSA) is 0 Å². The second kappa shape index (κ2) is 10.1. The summed E-state index contributed by atoms with van der Waals surface area (Å²) in [6.07, 6.45) is 8.04. The summed E-state index contributed by atoms with van der Waals surface area (Å²) >= 11 is 3.91. The van der Waals surface area contributed by atoms with E-state index in [-0.39, 0.29) is 5.41 Å². The predicted octanol–water partition coefficient (Wildman–Crippen LogP) is 7.74. The third kappa shape index (κ3) is 5.35. The molecule has 148 valence electrons. The molecule has 0 aliphatic heterocycles. The standard InChI is InChI=1S/C25H36S2/c1-8-24(27-7)23-17-22(14-12-19(23)3)25(4,5)21-13-11-18(2)20(16-21)10-9-15-26-6/h11-14,16-17,24H,8-10,15H2,1-7H3. The van der Waals surface area contributed by atoms with Crippen LogP contribution in [0, 0.1) is 13.8 Å². The summed E-state index contributed by atoms with van der Waals surface area (Å²) in [6, 6.07) is 14.2. The molecule has 0 saturated carbocycles. The monoisotopic (exact) mass is 400 g/mol. The molecule has 0 aliphatic carbocycles. The van der Waals surface area contributed by atoms with Gasteiger partial charge in [-0.1, -0.05) is 57.2 Å². The maximum Gasteiger partial charge on any atom is 0.0294 e. The van der Waals surface area contributed by atoms with E-state index >= 15 is 0 Å². The minimum Gasteiger partial charge on any atom is -0.165 e. The van der Waals surface area contributed by atoms with E-state index in [1.807, 2.05) is 23.5 Å². The van der Waals surface area contributed by atoms with Crippen molar-refractivity contribution in [2.24, 2.45) is 0 Å². The lowest BCUT2D eigenvalue weighted by Crippen LogP contribution is -2.20. The number of hydrogen-bond donors (Lipinski definition) is 0. The maximum atomic E-state index is 2.47. The van der Waals surface area contributed by atoms with Crippen LogP contribution in [0.25, 0.3) is 0 Å². The first-order chi connectivity index (χ1) is 12.8. The molecule has 0 spiro atoms. The van der Waals surface area contributed by atoms with Crippen molar-refractivity contribution in [3.8, 4) is 0 Å². The van der Waals surface area contributed by atoms with Crippen LogP contribution < -0.4 is 0 Å². The Hall–Kier alpha value is -0.860. The van der Waals surface area contributed by atoms with Gasteiger partial charge in [0.2, 0.25) is 0 Å². The van der Waals surface area contributed by atoms with Crippen LogP contribution in [0.2, 0.25) is 0 Å². The summed E-state index contributed by atoms with van der Waals surface area (Å²) in [6.45, 7) is 11.5. The molecule has 2 heteroatoms. The average molecular weight is 401 g/mol. The van der Waals surface area contributed by atoms with Crippen molar-refractivity contribution < 1.29 is 0 Å². The second-order valence-corrected chi connectivity index (χ2v) is 10.1. The molecule has 0 saturated heterocycles. The maximum absolute atomic E-state index is 2.47. The Bertz CT molecular complexity index is 742. The van der Waals surface area contributed by atoms with Gasteiger partial charge in [-0.25, -0.2) is 0 Å². The molecule has 0 fully saturated rings. The molecule has 1 unspecified atom stereocenters. The molecule has 0 nitrogen and oxygen atoms in total. The van der Waals surface area contributed by atoms with Crippen LogP contribution in [-0.4, -0.2) is 18.3 Å². The fraction of sp³-hybridized carbons (Fsp3) is 0.520. The molecule has 0 N–H and O–H groups in total. The van der Waals surface area contributed by atoms with Crippen LogP contribution >= 0.6 is 23.5 Å². The third-order valence-corrected chi connectivity index (χ3v) is 7.72. The number of hydrogen-bond acceptors (Lipinski definition) is 2. The Morgan fingerprint density at radius 3 is 2.15 bits per heavy atom. The van der Waals surface area contributed by atoms with E-state index in [4.69, 9.17) is 0 Å². The molecule has 2 rings (SSSR count). The first-order valence-corrected chi connectivity index (χ1v) is 12.8. The van der Waals surface area contributed by atoms with Crippen molar-refractivity contribution in [2.75, 3.05) is 18.3 Å². The smallest absolute Gasteiger partial charge is 0.0294 e. The molecule has 0 aromatic heterocycles. The third-order valence-electron chi connectivity index (χ3n) is 5.87. The van der Waals surface area contributed by atoms with Gasteiger partial charge in [0.05, 0.1) is 0 Å². The molecule has 0 radical (unpaired) electrons. The number of benzene rings is 2. The number of thioether (sulfide) groups is 2. The van der Waals surface area contributed by atoms with Gasteiger partial charge in [0.1, 0.15) is 0 Å². The van der Waals surface area contributed by atoms with Gasteiger partial charge >= 0.3 is 0 Å². The van der Waals surface area contributed by atoms with Gasteiger partial charge in [0.25, 0.3) is 0 Å². The first kappa shape index (κ1) is 22.4. The Kier molecular flexibility index (Phi) is 8.37. The van der Waals surface area contributed by atoms with E-state index in [0.29, 0.717) is 5.25 Å². The van der Waals surface area contributed by atoms with Crippen molar-refractivity contribution >= 4 is 23.5 Å². The van der Waals surface area contributed by atoms with Crippen LogP contribution in [0.15, 0.2) is 36.4 Å². The largest absolute Gasteiger partial charge is 0.165 e. The highest BCUT2D eigenvalue weighted by molar-refractivity contribution is 7.98. The van der Waals surface area contributed by atoms with E-state index in [9.17, 15) is 0 Å². The van der Waals surface area contributed by atoms with Crippen molar-refractivity contribution in [1.82, 2.24) is 0 Å². The van der Waals surface area contributed by atoms with E-state index in [2.05, 4.69) is 83.5 Å². The zero-order chi connectivity index (χ0) is 20.0. The lowest BCUT2D eigenvalue weighted by molar-refractivity contribution is 0.637. The van der Waals surface area contributed by atoms with Crippen molar-refractivity contribution in [3.05, 3.63) is 69.8 Å². The Balaban J connectivity index is 2.40. The van der Waals surface area contributed by atoms with Crippen LogP contribution in [0.5, 0.6) is 0 Å². The first-order valence-electron chi connectivity index (χ1n) is 10.1. The molecular weight excluding hydrogens is 364 g/mol. The van der Waals surface area contributed by atoms with Crippen molar-refractivity contribution in [3.63, 3.8) is 0 Å². The Labute approximate surface area is 175 Å². The highest BCUT2D eigenvalue weighted by Crippen LogP contribution is 2.38. The van der Waals surface area contributed by atoms with Crippen LogP contribution in [-0.2, 0) is 11.8 Å².